The molecule has 2 rings (SSSR count). The predicted octanol–water partition coefficient (Wildman–Crippen LogP) is 1.83. The number of nitrogens with two attached hydrogens (primary N) is 1. The number of furan rings is 1. The number of nitrogens with one attached hydrogen (secondary N) is 1. The van der Waals surface area contributed by atoms with E-state index in [1.54, 1.807) is 6.26 Å². The van der Waals surface area contributed by atoms with Gasteiger partial charge in [-0.15, -0.1) is 0 Å². The zero-order chi connectivity index (χ0) is 12.3. The number of nitrogens with zero attached hydrogens (tertiary/aromatic N) is 2. The first-order valence-electron chi connectivity index (χ1n) is 5.92. The Morgan fingerprint density at radius 3 is 2.94 bits per heavy atom. The molecular weight excluding hydrogens is 216 g/mol. The molecule has 0 saturated carbocycles. The van der Waals surface area contributed by atoms with E-state index in [1.807, 2.05) is 19.1 Å². The Bertz CT molecular complexity index is 422. The standard InChI is InChI=1S/C12H18N4O/c1-3-5-9(10-6-4-7-17-10)11-14-8(2)15-12(13)16-11/h4,6-9H,3,5H2,1-2H3,(H3,13,14,15,16). The molecule has 1 aromatic heterocycles. The molecule has 17 heavy (non-hydrogen) atoms. The maximum atomic E-state index is 5.73. The van der Waals surface area contributed by atoms with E-state index in [0.29, 0.717) is 5.96 Å². The van der Waals surface area contributed by atoms with Gasteiger partial charge in [0.25, 0.3) is 0 Å². The van der Waals surface area contributed by atoms with Gasteiger partial charge in [0.05, 0.1) is 12.2 Å². The Balaban J connectivity index is 2.23. The first kappa shape index (κ1) is 11.7. The summed E-state index contributed by atoms with van der Waals surface area (Å²) in [6.45, 7) is 4.05. The fraction of sp³-hybridized carbons (Fsp3) is 0.500. The zero-order valence-corrected chi connectivity index (χ0v) is 10.2. The van der Waals surface area contributed by atoms with E-state index in [4.69, 9.17) is 10.2 Å². The van der Waals surface area contributed by atoms with Gasteiger partial charge >= 0.3 is 0 Å². The fourth-order valence-corrected chi connectivity index (χ4v) is 2.00. The van der Waals surface area contributed by atoms with Crippen LogP contribution >= 0.6 is 0 Å². The van der Waals surface area contributed by atoms with Crippen molar-refractivity contribution in [1.82, 2.24) is 5.32 Å². The maximum absolute atomic E-state index is 5.73. The van der Waals surface area contributed by atoms with Crippen molar-refractivity contribution in [3.05, 3.63) is 24.2 Å². The molecule has 1 aliphatic rings. The molecule has 1 aromatic rings. The lowest BCUT2D eigenvalue weighted by molar-refractivity contribution is 0.482. The number of amidine groups is 1. The largest absolute Gasteiger partial charge is 0.469 e. The third kappa shape index (κ3) is 2.67. The summed E-state index contributed by atoms with van der Waals surface area (Å²) in [5.41, 5.74) is 5.73. The van der Waals surface area contributed by atoms with Gasteiger partial charge in [0.2, 0.25) is 0 Å². The number of aliphatic imine (C=N–C) groups is 2. The summed E-state index contributed by atoms with van der Waals surface area (Å²) < 4.78 is 5.47. The molecule has 2 atom stereocenters. The molecule has 92 valence electrons. The number of guanidine groups is 1. The van der Waals surface area contributed by atoms with E-state index in [1.165, 1.54) is 0 Å². The van der Waals surface area contributed by atoms with Crippen LogP contribution < -0.4 is 11.1 Å². The summed E-state index contributed by atoms with van der Waals surface area (Å²) in [5.74, 6) is 2.32. The second-order valence-corrected chi connectivity index (χ2v) is 4.14. The summed E-state index contributed by atoms with van der Waals surface area (Å²) in [5, 5.41) is 3.04. The van der Waals surface area contributed by atoms with Crippen LogP contribution in [0.2, 0.25) is 0 Å². The van der Waals surface area contributed by atoms with E-state index >= 15 is 0 Å². The number of hydrogen-bond donors (Lipinski definition) is 2. The lowest BCUT2D eigenvalue weighted by Crippen LogP contribution is -2.43. The van der Waals surface area contributed by atoms with Crippen molar-refractivity contribution in [2.24, 2.45) is 15.7 Å². The van der Waals surface area contributed by atoms with E-state index < -0.39 is 0 Å². The van der Waals surface area contributed by atoms with Crippen LogP contribution in [0.25, 0.3) is 0 Å². The molecule has 3 N–H and O–H groups in total. The molecule has 0 aliphatic carbocycles. The summed E-state index contributed by atoms with van der Waals surface area (Å²) >= 11 is 0. The third-order valence-corrected chi connectivity index (χ3v) is 2.70. The Hall–Kier alpha value is -1.78. The summed E-state index contributed by atoms with van der Waals surface area (Å²) in [7, 11) is 0. The van der Waals surface area contributed by atoms with E-state index in [0.717, 1.165) is 24.4 Å². The first-order chi connectivity index (χ1) is 8.20. The minimum atomic E-state index is -0.124. The van der Waals surface area contributed by atoms with Gasteiger partial charge in [-0.2, -0.15) is 0 Å². The lowest BCUT2D eigenvalue weighted by atomic mass is 9.99. The van der Waals surface area contributed by atoms with Gasteiger partial charge in [0, 0.05) is 0 Å². The van der Waals surface area contributed by atoms with Crippen molar-refractivity contribution in [1.29, 1.82) is 0 Å². The molecule has 5 nitrogen and oxygen atoms in total. The van der Waals surface area contributed by atoms with Crippen LogP contribution in [-0.4, -0.2) is 18.0 Å². The molecule has 0 fully saturated rings. The SMILES string of the molecule is CCCC(C1=NC(C)N=C(N)N1)c1ccco1. The second kappa shape index (κ2) is 5.03. The van der Waals surface area contributed by atoms with E-state index in [-0.39, 0.29) is 12.1 Å². The number of rotatable bonds is 4. The Labute approximate surface area is 101 Å². The molecule has 5 heteroatoms. The second-order valence-electron chi connectivity index (χ2n) is 4.14. The summed E-state index contributed by atoms with van der Waals surface area (Å²) in [6, 6.07) is 3.86. The van der Waals surface area contributed by atoms with Gasteiger partial charge in [0.1, 0.15) is 17.8 Å². The highest BCUT2D eigenvalue weighted by Gasteiger charge is 2.23. The van der Waals surface area contributed by atoms with Gasteiger partial charge < -0.3 is 15.5 Å². The average Bonchev–Trinajstić information content (AvgIpc) is 2.77. The quantitative estimate of drug-likeness (QED) is 0.834. The molecule has 0 amide bonds. The van der Waals surface area contributed by atoms with Crippen molar-refractivity contribution >= 4 is 11.8 Å². The van der Waals surface area contributed by atoms with Gasteiger partial charge in [-0.25, -0.2) is 9.98 Å². The van der Waals surface area contributed by atoms with E-state index in [2.05, 4.69) is 22.2 Å². The average molecular weight is 234 g/mol. The minimum absolute atomic E-state index is 0.124. The summed E-state index contributed by atoms with van der Waals surface area (Å²) in [4.78, 5) is 8.61. The van der Waals surface area contributed by atoms with Crippen LogP contribution in [-0.2, 0) is 0 Å². The highest BCUT2D eigenvalue weighted by atomic mass is 16.3. The van der Waals surface area contributed by atoms with E-state index in [9.17, 15) is 0 Å². The fourth-order valence-electron chi connectivity index (χ4n) is 2.00. The van der Waals surface area contributed by atoms with Crippen LogP contribution in [0.3, 0.4) is 0 Å². The molecular formula is C12H18N4O. The third-order valence-electron chi connectivity index (χ3n) is 2.70. The van der Waals surface area contributed by atoms with Crippen molar-refractivity contribution in [3.63, 3.8) is 0 Å². The molecule has 2 heterocycles. The zero-order valence-electron chi connectivity index (χ0n) is 10.2. The van der Waals surface area contributed by atoms with Gasteiger partial charge in [-0.05, 0) is 25.5 Å². The topological polar surface area (TPSA) is 75.9 Å². The molecule has 0 bridgehead atoms. The van der Waals surface area contributed by atoms with Crippen molar-refractivity contribution < 1.29 is 4.42 Å². The predicted molar refractivity (Wildman–Crippen MR) is 68.0 cm³/mol. The minimum Gasteiger partial charge on any atom is -0.469 e. The Morgan fingerprint density at radius 2 is 2.35 bits per heavy atom. The van der Waals surface area contributed by atoms with Crippen LogP contribution in [0.1, 0.15) is 38.4 Å². The van der Waals surface area contributed by atoms with Crippen LogP contribution in [0.15, 0.2) is 32.8 Å². The monoisotopic (exact) mass is 234 g/mol. The molecule has 1 aliphatic heterocycles. The number of hydrogen-bond acceptors (Lipinski definition) is 5. The van der Waals surface area contributed by atoms with Crippen molar-refractivity contribution in [2.45, 2.75) is 38.8 Å². The van der Waals surface area contributed by atoms with Crippen molar-refractivity contribution in [3.8, 4) is 0 Å². The summed E-state index contributed by atoms with van der Waals surface area (Å²) in [6.07, 6.45) is 3.58. The van der Waals surface area contributed by atoms with Crippen molar-refractivity contribution in [2.75, 3.05) is 0 Å². The molecule has 0 radical (unpaired) electrons. The lowest BCUT2D eigenvalue weighted by Gasteiger charge is -2.22. The van der Waals surface area contributed by atoms with Gasteiger partial charge in [-0.3, -0.25) is 0 Å². The maximum Gasteiger partial charge on any atom is 0.196 e. The Kier molecular flexibility index (Phi) is 3.46. The molecule has 2 unspecified atom stereocenters. The van der Waals surface area contributed by atoms with Gasteiger partial charge in [0.15, 0.2) is 5.96 Å². The molecule has 0 aromatic carbocycles. The van der Waals surface area contributed by atoms with Crippen LogP contribution in [0, 0.1) is 0 Å². The Morgan fingerprint density at radius 1 is 1.53 bits per heavy atom. The molecule has 0 saturated heterocycles. The highest BCUT2D eigenvalue weighted by Crippen LogP contribution is 2.24. The normalized spacial score (nSPS) is 21.4. The highest BCUT2D eigenvalue weighted by molar-refractivity contribution is 6.03. The first-order valence-corrected chi connectivity index (χ1v) is 5.92. The molecule has 0 spiro atoms. The van der Waals surface area contributed by atoms with Crippen LogP contribution in [0.5, 0.6) is 0 Å². The van der Waals surface area contributed by atoms with Gasteiger partial charge in [-0.1, -0.05) is 13.3 Å². The van der Waals surface area contributed by atoms with Crippen LogP contribution in [0.4, 0.5) is 0 Å². The smallest absolute Gasteiger partial charge is 0.196 e.